The van der Waals surface area contributed by atoms with Gasteiger partial charge in [-0.25, -0.2) is 4.79 Å². The summed E-state index contributed by atoms with van der Waals surface area (Å²) >= 11 is 0. The number of ether oxygens (including phenoxy) is 3. The van der Waals surface area contributed by atoms with E-state index in [2.05, 4.69) is 14.2 Å². The van der Waals surface area contributed by atoms with Crippen LogP contribution in [0.5, 0.6) is 0 Å². The summed E-state index contributed by atoms with van der Waals surface area (Å²) in [4.78, 5) is 55.9. The van der Waals surface area contributed by atoms with Crippen LogP contribution in [0.2, 0.25) is 0 Å². The largest absolute Gasteiger partial charge is 0.478 e. The van der Waals surface area contributed by atoms with Crippen LogP contribution in [0.1, 0.15) is 20.8 Å². The number of carboxylic acid groups (broad SMARTS) is 1. The quantitative estimate of drug-likeness (QED) is 0.408. The molecule has 22 heavy (non-hydrogen) atoms. The molecule has 0 aromatic carbocycles. The van der Waals surface area contributed by atoms with E-state index in [0.29, 0.717) is 0 Å². The number of aliphatic carboxylic acids is 1. The Labute approximate surface area is 125 Å². The SMILES string of the molecule is CCOC(=O)CNC(=O)[C@H](OC(C)=O)[C@H](OC(C)=O)C(=O)O. The van der Waals surface area contributed by atoms with Crippen molar-refractivity contribution in [2.45, 2.75) is 33.0 Å². The first-order valence-electron chi connectivity index (χ1n) is 6.19. The minimum atomic E-state index is -2.04. The summed E-state index contributed by atoms with van der Waals surface area (Å²) in [5, 5.41) is 11.0. The summed E-state index contributed by atoms with van der Waals surface area (Å²) in [6, 6.07) is 0. The second-order valence-corrected chi connectivity index (χ2v) is 3.92. The predicted octanol–water partition coefficient (Wildman–Crippen LogP) is -1.39. The van der Waals surface area contributed by atoms with Gasteiger partial charge in [-0.15, -0.1) is 0 Å². The van der Waals surface area contributed by atoms with Crippen molar-refractivity contribution in [2.75, 3.05) is 13.2 Å². The number of esters is 3. The summed E-state index contributed by atoms with van der Waals surface area (Å²) in [6.45, 7) is 2.96. The number of carbonyl (C=O) groups is 5. The number of hydrogen-bond acceptors (Lipinski definition) is 8. The lowest BCUT2D eigenvalue weighted by molar-refractivity contribution is -0.180. The topological polar surface area (TPSA) is 145 Å². The molecule has 0 rings (SSSR count). The lowest BCUT2D eigenvalue weighted by atomic mass is 10.2. The number of nitrogens with one attached hydrogen (secondary N) is 1. The minimum absolute atomic E-state index is 0.0906. The second kappa shape index (κ2) is 9.32. The van der Waals surface area contributed by atoms with Gasteiger partial charge in [0.1, 0.15) is 6.54 Å². The smallest absolute Gasteiger partial charge is 0.349 e. The van der Waals surface area contributed by atoms with Crippen molar-refractivity contribution in [1.82, 2.24) is 5.32 Å². The van der Waals surface area contributed by atoms with Crippen LogP contribution >= 0.6 is 0 Å². The summed E-state index contributed by atoms with van der Waals surface area (Å²) < 4.78 is 13.6. The van der Waals surface area contributed by atoms with Crippen molar-refractivity contribution in [1.29, 1.82) is 0 Å². The highest BCUT2D eigenvalue weighted by Crippen LogP contribution is 2.07. The maximum atomic E-state index is 11.9. The molecule has 0 aliphatic heterocycles. The Morgan fingerprint density at radius 1 is 1.00 bits per heavy atom. The van der Waals surface area contributed by atoms with Gasteiger partial charge in [-0.1, -0.05) is 0 Å². The van der Waals surface area contributed by atoms with Crippen molar-refractivity contribution in [3.05, 3.63) is 0 Å². The monoisotopic (exact) mass is 319 g/mol. The lowest BCUT2D eigenvalue weighted by Crippen LogP contribution is -2.50. The third kappa shape index (κ3) is 7.22. The summed E-state index contributed by atoms with van der Waals surface area (Å²) in [5.74, 6) is -5.51. The van der Waals surface area contributed by atoms with Gasteiger partial charge in [0, 0.05) is 13.8 Å². The molecule has 0 saturated heterocycles. The fraction of sp³-hybridized carbons (Fsp3) is 0.583. The van der Waals surface area contributed by atoms with Crippen LogP contribution in [0, 0.1) is 0 Å². The average molecular weight is 319 g/mol. The van der Waals surface area contributed by atoms with E-state index < -0.39 is 48.5 Å². The van der Waals surface area contributed by atoms with Crippen LogP contribution in [0.25, 0.3) is 0 Å². The van der Waals surface area contributed by atoms with Crippen LogP contribution in [-0.2, 0) is 38.2 Å². The van der Waals surface area contributed by atoms with Crippen LogP contribution in [0.4, 0.5) is 0 Å². The Kier molecular flexibility index (Phi) is 8.19. The highest BCUT2D eigenvalue weighted by atomic mass is 16.6. The van der Waals surface area contributed by atoms with Crippen molar-refractivity contribution in [2.24, 2.45) is 0 Å². The van der Waals surface area contributed by atoms with Gasteiger partial charge in [-0.05, 0) is 6.92 Å². The van der Waals surface area contributed by atoms with Crippen LogP contribution < -0.4 is 5.32 Å². The van der Waals surface area contributed by atoms with Crippen molar-refractivity contribution >= 4 is 29.8 Å². The molecule has 0 unspecified atom stereocenters. The van der Waals surface area contributed by atoms with E-state index >= 15 is 0 Å². The van der Waals surface area contributed by atoms with Gasteiger partial charge in [-0.2, -0.15) is 0 Å². The maximum absolute atomic E-state index is 11.9. The van der Waals surface area contributed by atoms with E-state index in [1.165, 1.54) is 0 Å². The normalized spacial score (nSPS) is 12.5. The van der Waals surface area contributed by atoms with Gasteiger partial charge >= 0.3 is 23.9 Å². The Morgan fingerprint density at radius 2 is 1.50 bits per heavy atom. The Balaban J connectivity index is 5.03. The van der Waals surface area contributed by atoms with E-state index in [9.17, 15) is 24.0 Å². The molecular weight excluding hydrogens is 302 g/mol. The highest BCUT2D eigenvalue weighted by Gasteiger charge is 2.39. The van der Waals surface area contributed by atoms with E-state index in [1.54, 1.807) is 6.92 Å². The molecule has 0 aliphatic rings. The van der Waals surface area contributed by atoms with E-state index in [1.807, 2.05) is 5.32 Å². The van der Waals surface area contributed by atoms with E-state index in [-0.39, 0.29) is 6.61 Å². The number of rotatable bonds is 8. The molecular formula is C12H17NO9. The Bertz CT molecular complexity index is 460. The Morgan fingerprint density at radius 3 is 1.91 bits per heavy atom. The van der Waals surface area contributed by atoms with E-state index in [4.69, 9.17) is 5.11 Å². The molecule has 0 radical (unpaired) electrons. The first-order chi connectivity index (χ1) is 10.2. The fourth-order valence-electron chi connectivity index (χ4n) is 1.32. The molecule has 2 N–H and O–H groups in total. The van der Waals surface area contributed by atoms with E-state index in [0.717, 1.165) is 13.8 Å². The van der Waals surface area contributed by atoms with Gasteiger partial charge in [0.05, 0.1) is 6.61 Å². The van der Waals surface area contributed by atoms with Gasteiger partial charge in [0.25, 0.3) is 5.91 Å². The molecule has 0 fully saturated rings. The lowest BCUT2D eigenvalue weighted by Gasteiger charge is -2.22. The highest BCUT2D eigenvalue weighted by molar-refractivity contribution is 5.92. The molecule has 0 saturated carbocycles. The number of hydrogen-bond donors (Lipinski definition) is 2. The third-order valence-corrected chi connectivity index (χ3v) is 2.07. The van der Waals surface area contributed by atoms with Gasteiger partial charge in [-0.3, -0.25) is 19.2 Å². The molecule has 0 aromatic heterocycles. The molecule has 0 aromatic rings. The van der Waals surface area contributed by atoms with Crippen LogP contribution in [0.15, 0.2) is 0 Å². The zero-order valence-electron chi connectivity index (χ0n) is 12.3. The predicted molar refractivity (Wildman–Crippen MR) is 68.4 cm³/mol. The summed E-state index contributed by atoms with van der Waals surface area (Å²) in [7, 11) is 0. The molecule has 124 valence electrons. The molecule has 0 spiro atoms. The fourth-order valence-corrected chi connectivity index (χ4v) is 1.32. The molecule has 0 aliphatic carbocycles. The minimum Gasteiger partial charge on any atom is -0.478 e. The first-order valence-corrected chi connectivity index (χ1v) is 6.19. The van der Waals surface area contributed by atoms with Crippen molar-refractivity contribution < 1.29 is 43.3 Å². The van der Waals surface area contributed by atoms with Crippen molar-refractivity contribution in [3.8, 4) is 0 Å². The third-order valence-electron chi connectivity index (χ3n) is 2.07. The number of amides is 1. The Hall–Kier alpha value is -2.65. The first kappa shape index (κ1) is 19.4. The zero-order chi connectivity index (χ0) is 17.3. The van der Waals surface area contributed by atoms with Gasteiger partial charge in [0.15, 0.2) is 0 Å². The zero-order valence-corrected chi connectivity index (χ0v) is 12.3. The second-order valence-electron chi connectivity index (χ2n) is 3.92. The number of carbonyl (C=O) groups excluding carboxylic acids is 4. The standard InChI is InChI=1S/C12H17NO9/c1-4-20-8(16)5-13-11(17)9(21-6(2)14)10(12(18)19)22-7(3)15/h9-10H,4-5H2,1-3H3,(H,13,17)(H,18,19)/t9-,10+/m1/s1. The number of carboxylic acids is 1. The summed E-state index contributed by atoms with van der Waals surface area (Å²) in [6.07, 6.45) is -3.98. The summed E-state index contributed by atoms with van der Waals surface area (Å²) in [5.41, 5.74) is 0. The van der Waals surface area contributed by atoms with Crippen LogP contribution in [-0.4, -0.2) is 60.3 Å². The average Bonchev–Trinajstić information content (AvgIpc) is 2.39. The molecule has 10 heteroatoms. The molecule has 0 heterocycles. The molecule has 10 nitrogen and oxygen atoms in total. The van der Waals surface area contributed by atoms with Gasteiger partial charge in [0.2, 0.25) is 12.2 Å². The molecule has 0 bridgehead atoms. The van der Waals surface area contributed by atoms with Gasteiger partial charge < -0.3 is 24.6 Å². The molecule has 1 amide bonds. The van der Waals surface area contributed by atoms with Crippen molar-refractivity contribution in [3.63, 3.8) is 0 Å². The molecule has 2 atom stereocenters. The van der Waals surface area contributed by atoms with Crippen LogP contribution in [0.3, 0.4) is 0 Å². The maximum Gasteiger partial charge on any atom is 0.349 e.